The van der Waals surface area contributed by atoms with Crippen LogP contribution in [0.15, 0.2) is 6.20 Å². The Morgan fingerprint density at radius 1 is 1.67 bits per heavy atom. The maximum atomic E-state index is 4.11. The second kappa shape index (κ2) is 2.08. The van der Waals surface area contributed by atoms with Crippen LogP contribution in [0.1, 0.15) is 10.4 Å². The molecule has 0 amide bonds. The van der Waals surface area contributed by atoms with E-state index in [0.29, 0.717) is 0 Å². The SMILES string of the molecule is c1nsc2c1CNCC2. The van der Waals surface area contributed by atoms with Crippen molar-refractivity contribution in [3.63, 3.8) is 0 Å². The third-order valence-electron chi connectivity index (χ3n) is 1.57. The molecule has 0 bridgehead atoms. The van der Waals surface area contributed by atoms with Gasteiger partial charge in [0.05, 0.1) is 0 Å². The van der Waals surface area contributed by atoms with Gasteiger partial charge in [0.1, 0.15) is 0 Å². The molecule has 3 heteroatoms. The van der Waals surface area contributed by atoms with E-state index in [0.717, 1.165) is 13.1 Å². The second-order valence-electron chi connectivity index (χ2n) is 2.20. The topological polar surface area (TPSA) is 24.9 Å². The molecule has 0 saturated heterocycles. The van der Waals surface area contributed by atoms with Crippen molar-refractivity contribution < 1.29 is 0 Å². The highest BCUT2D eigenvalue weighted by Gasteiger charge is 2.08. The minimum Gasteiger partial charge on any atom is -0.312 e. The van der Waals surface area contributed by atoms with Gasteiger partial charge in [-0.25, -0.2) is 4.37 Å². The fourth-order valence-electron chi connectivity index (χ4n) is 1.06. The molecule has 2 nitrogen and oxygen atoms in total. The van der Waals surface area contributed by atoms with Crippen LogP contribution in [0.5, 0.6) is 0 Å². The summed E-state index contributed by atoms with van der Waals surface area (Å²) in [4.78, 5) is 1.47. The van der Waals surface area contributed by atoms with Crippen molar-refractivity contribution in [3.05, 3.63) is 16.6 Å². The number of hydrogen-bond donors (Lipinski definition) is 1. The Morgan fingerprint density at radius 3 is 3.56 bits per heavy atom. The van der Waals surface area contributed by atoms with Gasteiger partial charge in [-0.3, -0.25) is 0 Å². The zero-order valence-electron chi connectivity index (χ0n) is 5.05. The predicted octanol–water partition coefficient (Wildman–Crippen LogP) is 0.789. The van der Waals surface area contributed by atoms with Crippen LogP contribution in [-0.2, 0) is 13.0 Å². The summed E-state index contributed by atoms with van der Waals surface area (Å²) in [5, 5.41) is 3.29. The fraction of sp³-hybridized carbons (Fsp3) is 0.500. The summed E-state index contributed by atoms with van der Waals surface area (Å²) >= 11 is 1.64. The Balaban J connectivity index is 2.39. The molecular weight excluding hydrogens is 132 g/mol. The first-order valence-electron chi connectivity index (χ1n) is 3.10. The van der Waals surface area contributed by atoms with Gasteiger partial charge in [0.15, 0.2) is 0 Å². The number of fused-ring (bicyclic) bond motifs is 1. The summed E-state index contributed by atoms with van der Waals surface area (Å²) in [6.45, 7) is 2.14. The lowest BCUT2D eigenvalue weighted by molar-refractivity contribution is 0.652. The molecule has 0 unspecified atom stereocenters. The second-order valence-corrected chi connectivity index (χ2v) is 3.09. The maximum absolute atomic E-state index is 4.11. The number of aromatic nitrogens is 1. The van der Waals surface area contributed by atoms with E-state index >= 15 is 0 Å². The Labute approximate surface area is 58.1 Å². The van der Waals surface area contributed by atoms with Crippen LogP contribution in [0, 0.1) is 0 Å². The molecule has 0 aromatic carbocycles. The van der Waals surface area contributed by atoms with Crippen LogP contribution in [-0.4, -0.2) is 10.9 Å². The number of hydrogen-bond acceptors (Lipinski definition) is 3. The van der Waals surface area contributed by atoms with Gasteiger partial charge in [0.2, 0.25) is 0 Å². The van der Waals surface area contributed by atoms with E-state index < -0.39 is 0 Å². The van der Waals surface area contributed by atoms with Crippen molar-refractivity contribution in [2.45, 2.75) is 13.0 Å². The predicted molar refractivity (Wildman–Crippen MR) is 37.5 cm³/mol. The number of rotatable bonds is 0. The highest BCUT2D eigenvalue weighted by molar-refractivity contribution is 7.05. The Hall–Kier alpha value is -0.410. The molecule has 0 fully saturated rings. The lowest BCUT2D eigenvalue weighted by atomic mass is 10.2. The summed E-state index contributed by atoms with van der Waals surface area (Å²) in [5.74, 6) is 0. The van der Waals surface area contributed by atoms with E-state index in [4.69, 9.17) is 0 Å². The number of nitrogens with zero attached hydrogens (tertiary/aromatic N) is 1. The molecule has 2 heterocycles. The first-order valence-corrected chi connectivity index (χ1v) is 3.87. The molecule has 1 N–H and O–H groups in total. The summed E-state index contributed by atoms with van der Waals surface area (Å²) in [6, 6.07) is 0. The summed E-state index contributed by atoms with van der Waals surface area (Å²) in [6.07, 6.45) is 3.13. The van der Waals surface area contributed by atoms with Crippen LogP contribution < -0.4 is 5.32 Å². The van der Waals surface area contributed by atoms with Crippen molar-refractivity contribution in [2.75, 3.05) is 6.54 Å². The normalized spacial score (nSPS) is 17.3. The molecule has 0 atom stereocenters. The highest BCUT2D eigenvalue weighted by atomic mass is 32.1. The van der Waals surface area contributed by atoms with Crippen LogP contribution in [0.3, 0.4) is 0 Å². The van der Waals surface area contributed by atoms with E-state index in [1.54, 1.807) is 11.5 Å². The van der Waals surface area contributed by atoms with E-state index in [-0.39, 0.29) is 0 Å². The molecule has 48 valence electrons. The monoisotopic (exact) mass is 140 g/mol. The van der Waals surface area contributed by atoms with Gasteiger partial charge in [-0.15, -0.1) is 0 Å². The van der Waals surface area contributed by atoms with Gasteiger partial charge in [-0.05, 0) is 23.5 Å². The third kappa shape index (κ3) is 0.862. The third-order valence-corrected chi connectivity index (χ3v) is 2.47. The van der Waals surface area contributed by atoms with Gasteiger partial charge < -0.3 is 5.32 Å². The summed E-state index contributed by atoms with van der Waals surface area (Å²) < 4.78 is 4.11. The van der Waals surface area contributed by atoms with Gasteiger partial charge >= 0.3 is 0 Å². The van der Waals surface area contributed by atoms with Gasteiger partial charge in [0.25, 0.3) is 0 Å². The van der Waals surface area contributed by atoms with Gasteiger partial charge in [-0.2, -0.15) is 0 Å². The Morgan fingerprint density at radius 2 is 2.67 bits per heavy atom. The molecule has 0 spiro atoms. The minimum absolute atomic E-state index is 1.02. The van der Waals surface area contributed by atoms with Crippen molar-refractivity contribution in [1.29, 1.82) is 0 Å². The first kappa shape index (κ1) is 5.38. The van der Waals surface area contributed by atoms with Crippen molar-refractivity contribution in [1.82, 2.24) is 9.69 Å². The zero-order valence-corrected chi connectivity index (χ0v) is 5.87. The van der Waals surface area contributed by atoms with Crippen molar-refractivity contribution >= 4 is 11.5 Å². The van der Waals surface area contributed by atoms with Crippen LogP contribution >= 0.6 is 11.5 Å². The quantitative estimate of drug-likeness (QED) is 0.576. The molecule has 1 aromatic heterocycles. The fourth-order valence-corrected chi connectivity index (χ4v) is 1.80. The maximum Gasteiger partial charge on any atom is 0.0454 e. The van der Waals surface area contributed by atoms with Gasteiger partial charge in [-0.1, -0.05) is 0 Å². The highest BCUT2D eigenvalue weighted by Crippen LogP contribution is 2.16. The standard InChI is InChI=1S/C6H8N2S/c1-2-7-3-5-4-8-9-6(1)5/h4,7H,1-3H2. The molecule has 0 aliphatic carbocycles. The van der Waals surface area contributed by atoms with E-state index in [9.17, 15) is 0 Å². The Bertz CT molecular complexity index is 186. The molecule has 1 aliphatic rings. The smallest absolute Gasteiger partial charge is 0.0454 e. The number of nitrogens with one attached hydrogen (secondary N) is 1. The Kier molecular flexibility index (Phi) is 1.24. The van der Waals surface area contributed by atoms with Crippen LogP contribution in [0.4, 0.5) is 0 Å². The summed E-state index contributed by atoms with van der Waals surface area (Å²) in [5.41, 5.74) is 1.39. The van der Waals surface area contributed by atoms with Crippen molar-refractivity contribution in [2.24, 2.45) is 0 Å². The molecule has 9 heavy (non-hydrogen) atoms. The molecule has 1 aliphatic heterocycles. The molecule has 0 saturated carbocycles. The first-order chi connectivity index (χ1) is 4.47. The van der Waals surface area contributed by atoms with Crippen LogP contribution in [0.25, 0.3) is 0 Å². The van der Waals surface area contributed by atoms with E-state index in [1.807, 2.05) is 6.20 Å². The molecule has 2 rings (SSSR count). The largest absolute Gasteiger partial charge is 0.312 e. The lowest BCUT2D eigenvalue weighted by Gasteiger charge is -2.09. The van der Waals surface area contributed by atoms with Crippen LogP contribution in [0.2, 0.25) is 0 Å². The minimum atomic E-state index is 1.02. The molecule has 0 radical (unpaired) electrons. The van der Waals surface area contributed by atoms with E-state index in [1.165, 1.54) is 16.9 Å². The lowest BCUT2D eigenvalue weighted by Crippen LogP contribution is -2.21. The van der Waals surface area contributed by atoms with Gasteiger partial charge in [0, 0.05) is 24.2 Å². The van der Waals surface area contributed by atoms with Crippen molar-refractivity contribution in [3.8, 4) is 0 Å². The summed E-state index contributed by atoms with van der Waals surface area (Å²) in [7, 11) is 0. The average molecular weight is 140 g/mol. The average Bonchev–Trinajstić information content (AvgIpc) is 2.33. The molecular formula is C6H8N2S. The van der Waals surface area contributed by atoms with E-state index in [2.05, 4.69) is 9.69 Å². The molecule has 1 aromatic rings. The zero-order chi connectivity index (χ0) is 6.10.